The molecule has 1 atom stereocenters. The molecule has 4 heteroatoms. The van der Waals surface area contributed by atoms with Crippen molar-refractivity contribution in [3.05, 3.63) is 68.7 Å². The van der Waals surface area contributed by atoms with Crippen molar-refractivity contribution in [1.29, 1.82) is 0 Å². The van der Waals surface area contributed by atoms with Crippen molar-refractivity contribution in [2.24, 2.45) is 0 Å². The lowest BCUT2D eigenvalue weighted by atomic mass is 10.0. The van der Waals surface area contributed by atoms with Crippen LogP contribution in [0, 0.1) is 0 Å². The summed E-state index contributed by atoms with van der Waals surface area (Å²) in [4.78, 5) is 0.156. The van der Waals surface area contributed by atoms with Gasteiger partial charge in [-0.15, -0.1) is 0 Å². The Morgan fingerprint density at radius 2 is 1.61 bits per heavy atom. The highest BCUT2D eigenvalue weighted by Crippen LogP contribution is 2.33. The third-order valence-electron chi connectivity index (χ3n) is 2.64. The van der Waals surface area contributed by atoms with E-state index >= 15 is 0 Å². The number of halogens is 4. The molecule has 0 aromatic heterocycles. The van der Waals surface area contributed by atoms with Gasteiger partial charge >= 0.3 is 0 Å². The number of hydrogen-bond donors (Lipinski definition) is 0. The summed E-state index contributed by atoms with van der Waals surface area (Å²) < 4.78 is 0. The fourth-order valence-corrected chi connectivity index (χ4v) is 3.21. The molecule has 2 aromatic rings. The van der Waals surface area contributed by atoms with Gasteiger partial charge in [-0.2, -0.15) is 0 Å². The SMILES string of the molecule is Clc1ccc(CC(Br)c2ccccc2Cl)cc1Cl. The van der Waals surface area contributed by atoms with Gasteiger partial charge in [-0.05, 0) is 35.7 Å². The largest absolute Gasteiger partial charge is 0.0840 e. The molecular formula is C14H10BrCl3. The van der Waals surface area contributed by atoms with Crippen LogP contribution in [-0.4, -0.2) is 0 Å². The van der Waals surface area contributed by atoms with Crippen LogP contribution in [0.4, 0.5) is 0 Å². The molecule has 0 N–H and O–H groups in total. The molecular weight excluding hydrogens is 354 g/mol. The molecule has 0 bridgehead atoms. The topological polar surface area (TPSA) is 0 Å². The van der Waals surface area contributed by atoms with Crippen LogP contribution >= 0.6 is 50.7 Å². The monoisotopic (exact) mass is 362 g/mol. The van der Waals surface area contributed by atoms with Crippen molar-refractivity contribution in [3.63, 3.8) is 0 Å². The summed E-state index contributed by atoms with van der Waals surface area (Å²) in [6, 6.07) is 13.5. The van der Waals surface area contributed by atoms with Gasteiger partial charge in [0.25, 0.3) is 0 Å². The molecule has 2 rings (SSSR count). The Labute approximate surface area is 130 Å². The van der Waals surface area contributed by atoms with Crippen LogP contribution in [0.25, 0.3) is 0 Å². The third-order valence-corrected chi connectivity index (χ3v) is 4.54. The Morgan fingerprint density at radius 1 is 0.889 bits per heavy atom. The molecule has 94 valence electrons. The molecule has 0 aliphatic rings. The Kier molecular flexibility index (Phi) is 4.97. The van der Waals surface area contributed by atoms with Crippen molar-refractivity contribution in [3.8, 4) is 0 Å². The first kappa shape index (κ1) is 14.2. The van der Waals surface area contributed by atoms with E-state index in [0.29, 0.717) is 10.0 Å². The molecule has 0 aliphatic carbocycles. The zero-order valence-corrected chi connectivity index (χ0v) is 13.2. The zero-order valence-electron chi connectivity index (χ0n) is 9.34. The van der Waals surface area contributed by atoms with Crippen LogP contribution in [0.5, 0.6) is 0 Å². The maximum Gasteiger partial charge on any atom is 0.0595 e. The van der Waals surface area contributed by atoms with E-state index in [1.807, 2.05) is 42.5 Å². The Balaban J connectivity index is 2.19. The summed E-state index contributed by atoms with van der Waals surface area (Å²) in [5.74, 6) is 0. The van der Waals surface area contributed by atoms with Gasteiger partial charge in [-0.1, -0.05) is 75.0 Å². The summed E-state index contributed by atoms with van der Waals surface area (Å²) in [7, 11) is 0. The fraction of sp³-hybridized carbons (Fsp3) is 0.143. The normalized spacial score (nSPS) is 12.4. The van der Waals surface area contributed by atoms with Gasteiger partial charge in [0.15, 0.2) is 0 Å². The van der Waals surface area contributed by atoms with Crippen LogP contribution in [0.2, 0.25) is 15.1 Å². The number of alkyl halides is 1. The van der Waals surface area contributed by atoms with Gasteiger partial charge in [-0.3, -0.25) is 0 Å². The molecule has 0 radical (unpaired) electrons. The Hall–Kier alpha value is -0.210. The first-order valence-corrected chi connectivity index (χ1v) is 7.45. The zero-order chi connectivity index (χ0) is 13.1. The van der Waals surface area contributed by atoms with Gasteiger partial charge < -0.3 is 0 Å². The Bertz CT molecular complexity index is 554. The van der Waals surface area contributed by atoms with Crippen molar-refractivity contribution < 1.29 is 0 Å². The van der Waals surface area contributed by atoms with Crippen molar-refractivity contribution in [1.82, 2.24) is 0 Å². The molecule has 0 amide bonds. The van der Waals surface area contributed by atoms with E-state index in [9.17, 15) is 0 Å². The molecule has 0 fully saturated rings. The van der Waals surface area contributed by atoms with Crippen molar-refractivity contribution in [2.45, 2.75) is 11.2 Å². The first-order chi connectivity index (χ1) is 8.58. The second-order valence-corrected chi connectivity index (χ2v) is 6.27. The minimum atomic E-state index is 0.156. The highest BCUT2D eigenvalue weighted by atomic mass is 79.9. The quantitative estimate of drug-likeness (QED) is 0.559. The molecule has 0 aliphatic heterocycles. The van der Waals surface area contributed by atoms with Gasteiger partial charge in [-0.25, -0.2) is 0 Å². The van der Waals surface area contributed by atoms with Crippen LogP contribution in [0.1, 0.15) is 16.0 Å². The van der Waals surface area contributed by atoms with Crippen LogP contribution in [0.3, 0.4) is 0 Å². The van der Waals surface area contributed by atoms with Crippen molar-refractivity contribution in [2.75, 3.05) is 0 Å². The highest BCUT2D eigenvalue weighted by Gasteiger charge is 2.12. The average molecular weight is 364 g/mol. The van der Waals surface area contributed by atoms with Crippen LogP contribution in [0.15, 0.2) is 42.5 Å². The van der Waals surface area contributed by atoms with E-state index in [0.717, 1.165) is 22.6 Å². The van der Waals surface area contributed by atoms with E-state index in [4.69, 9.17) is 34.8 Å². The standard InChI is InChI=1S/C14H10BrCl3/c15-11(10-3-1-2-4-12(10)16)7-9-5-6-13(17)14(18)8-9/h1-6,8,11H,7H2. The second kappa shape index (κ2) is 6.29. The van der Waals surface area contributed by atoms with Gasteiger partial charge in [0.05, 0.1) is 10.0 Å². The predicted molar refractivity (Wildman–Crippen MR) is 83.3 cm³/mol. The lowest BCUT2D eigenvalue weighted by Crippen LogP contribution is -1.96. The van der Waals surface area contributed by atoms with E-state index in [1.165, 1.54) is 0 Å². The number of benzene rings is 2. The molecule has 0 saturated heterocycles. The predicted octanol–water partition coefficient (Wildman–Crippen LogP) is 6.33. The summed E-state index contributed by atoms with van der Waals surface area (Å²) in [5.41, 5.74) is 2.19. The molecule has 1 unspecified atom stereocenters. The maximum atomic E-state index is 6.16. The molecule has 0 spiro atoms. The lowest BCUT2D eigenvalue weighted by molar-refractivity contribution is 0.949. The van der Waals surface area contributed by atoms with Crippen LogP contribution in [-0.2, 0) is 6.42 Å². The number of rotatable bonds is 3. The summed E-state index contributed by atoms with van der Waals surface area (Å²) in [6.07, 6.45) is 0.806. The van der Waals surface area contributed by atoms with Crippen molar-refractivity contribution >= 4 is 50.7 Å². The van der Waals surface area contributed by atoms with E-state index in [-0.39, 0.29) is 4.83 Å². The van der Waals surface area contributed by atoms with E-state index in [1.54, 1.807) is 0 Å². The Morgan fingerprint density at radius 3 is 2.28 bits per heavy atom. The molecule has 0 nitrogen and oxygen atoms in total. The molecule has 18 heavy (non-hydrogen) atoms. The minimum absolute atomic E-state index is 0.156. The minimum Gasteiger partial charge on any atom is -0.0840 e. The lowest BCUT2D eigenvalue weighted by Gasteiger charge is -2.12. The van der Waals surface area contributed by atoms with E-state index < -0.39 is 0 Å². The summed E-state index contributed by atoms with van der Waals surface area (Å²) in [5, 5.41) is 1.91. The molecule has 2 aromatic carbocycles. The van der Waals surface area contributed by atoms with Gasteiger partial charge in [0.1, 0.15) is 0 Å². The highest BCUT2D eigenvalue weighted by molar-refractivity contribution is 9.09. The van der Waals surface area contributed by atoms with Gasteiger partial charge in [0, 0.05) is 9.85 Å². The first-order valence-electron chi connectivity index (χ1n) is 5.40. The second-order valence-electron chi connectivity index (χ2n) is 3.94. The summed E-state index contributed by atoms with van der Waals surface area (Å²) in [6.45, 7) is 0. The van der Waals surface area contributed by atoms with E-state index in [2.05, 4.69) is 15.9 Å². The summed E-state index contributed by atoms with van der Waals surface area (Å²) >= 11 is 21.7. The van der Waals surface area contributed by atoms with Gasteiger partial charge in [0.2, 0.25) is 0 Å². The third kappa shape index (κ3) is 3.42. The molecule has 0 heterocycles. The number of hydrogen-bond acceptors (Lipinski definition) is 0. The average Bonchev–Trinajstić information content (AvgIpc) is 2.34. The maximum absolute atomic E-state index is 6.16. The van der Waals surface area contributed by atoms with Crippen LogP contribution < -0.4 is 0 Å². The fourth-order valence-electron chi connectivity index (χ4n) is 1.71. The smallest absolute Gasteiger partial charge is 0.0595 e. The molecule has 0 saturated carbocycles.